The maximum absolute atomic E-state index is 13.6. The number of likely N-dealkylation sites (tertiary alicyclic amines) is 1. The van der Waals surface area contributed by atoms with Gasteiger partial charge in [0.1, 0.15) is 5.70 Å². The lowest BCUT2D eigenvalue weighted by molar-refractivity contribution is -0.163. The highest BCUT2D eigenvalue weighted by molar-refractivity contribution is 8.03. The van der Waals surface area contributed by atoms with Crippen molar-refractivity contribution in [3.63, 3.8) is 0 Å². The Balaban J connectivity index is 1.39. The number of aliphatic carboxylic acids is 1. The van der Waals surface area contributed by atoms with Gasteiger partial charge < -0.3 is 25.5 Å². The van der Waals surface area contributed by atoms with E-state index in [1.165, 1.54) is 35.7 Å². The van der Waals surface area contributed by atoms with Crippen LogP contribution in [0.2, 0.25) is 0 Å². The van der Waals surface area contributed by atoms with Crippen LogP contribution in [0.5, 0.6) is 0 Å². The van der Waals surface area contributed by atoms with Gasteiger partial charge in [-0.25, -0.2) is 14.4 Å². The van der Waals surface area contributed by atoms with E-state index in [0.717, 1.165) is 5.56 Å². The molecule has 3 aliphatic rings. The average Bonchev–Trinajstić information content (AvgIpc) is 3.45. The minimum absolute atomic E-state index is 0.0439. The van der Waals surface area contributed by atoms with Crippen molar-refractivity contribution in [1.29, 1.82) is 0 Å². The molecule has 2 aromatic carbocycles. The zero-order valence-corrected chi connectivity index (χ0v) is 23.7. The van der Waals surface area contributed by atoms with Crippen LogP contribution < -0.4 is 5.32 Å². The monoisotopic (exact) mass is 590 g/mol. The van der Waals surface area contributed by atoms with E-state index in [1.54, 1.807) is 24.3 Å². The Kier molecular flexibility index (Phi) is 8.10. The average molecular weight is 591 g/mol. The van der Waals surface area contributed by atoms with E-state index in [0.29, 0.717) is 35.8 Å². The highest BCUT2D eigenvalue weighted by atomic mass is 32.2. The number of benzene rings is 2. The summed E-state index contributed by atoms with van der Waals surface area (Å²) in [7, 11) is 0. The van der Waals surface area contributed by atoms with Gasteiger partial charge in [-0.3, -0.25) is 14.5 Å². The van der Waals surface area contributed by atoms with Crippen LogP contribution in [-0.2, 0) is 20.9 Å². The first-order valence-electron chi connectivity index (χ1n) is 13.5. The van der Waals surface area contributed by atoms with Crippen molar-refractivity contribution in [3.8, 4) is 0 Å². The lowest BCUT2D eigenvalue weighted by atomic mass is 9.79. The normalized spacial score (nSPS) is 25.9. The molecule has 0 aliphatic carbocycles. The number of aromatic carboxylic acids is 1. The zero-order valence-electron chi connectivity index (χ0n) is 22.9. The minimum atomic E-state index is -1.20. The molecule has 0 spiro atoms. The number of carbonyl (C=O) groups excluding carboxylic acids is 2. The van der Waals surface area contributed by atoms with E-state index < -0.39 is 42.0 Å². The molecule has 2 aromatic rings. The third kappa shape index (κ3) is 5.38. The van der Waals surface area contributed by atoms with Gasteiger partial charge in [-0.15, -0.1) is 11.8 Å². The number of amides is 2. The number of aliphatic hydroxyl groups is 1. The first-order valence-corrected chi connectivity index (χ1v) is 14.4. The molecular formula is C30H30N4O7S. The minimum Gasteiger partial charge on any atom is -0.478 e. The van der Waals surface area contributed by atoms with Gasteiger partial charge in [0.2, 0.25) is 11.8 Å². The van der Waals surface area contributed by atoms with E-state index in [2.05, 4.69) is 10.2 Å². The maximum atomic E-state index is 13.6. The van der Waals surface area contributed by atoms with Gasteiger partial charge in [0.15, 0.2) is 5.69 Å². The molecule has 12 heteroatoms. The highest BCUT2D eigenvalue weighted by Gasteiger charge is 2.60. The topological polar surface area (TPSA) is 152 Å². The van der Waals surface area contributed by atoms with E-state index in [4.69, 9.17) is 6.57 Å². The number of β-lactam (4-membered cyclic amide) rings is 1. The van der Waals surface area contributed by atoms with Gasteiger partial charge in [-0.05, 0) is 37.1 Å². The number of carboxylic acid groups (broad SMARTS) is 2. The first-order chi connectivity index (χ1) is 20.0. The zero-order chi connectivity index (χ0) is 30.3. The SMILES string of the molecule is [C-]#[N+]c1ccc(CN2C[C@@H](SC3=C(C(=O)O)N4C(=O)[C@H]([C@@H](C)O)[C@H]4[C@H]3C)C[C@H]2C(=O)Nc2cccc(C(=O)O)c2)cc1. The van der Waals surface area contributed by atoms with Crippen molar-refractivity contribution in [1.82, 2.24) is 9.80 Å². The molecule has 0 radical (unpaired) electrons. The molecule has 6 atom stereocenters. The number of carboxylic acids is 2. The molecule has 11 nitrogen and oxygen atoms in total. The van der Waals surface area contributed by atoms with Crippen LogP contribution in [0.3, 0.4) is 0 Å². The first kappa shape index (κ1) is 29.3. The Bertz CT molecular complexity index is 1520. The second-order valence-corrected chi connectivity index (χ2v) is 12.2. The van der Waals surface area contributed by atoms with Crippen LogP contribution in [0.15, 0.2) is 59.1 Å². The molecule has 2 fully saturated rings. The summed E-state index contributed by atoms with van der Waals surface area (Å²) in [5, 5.41) is 32.2. The maximum Gasteiger partial charge on any atom is 0.353 e. The molecule has 4 N–H and O–H groups in total. The second-order valence-electron chi connectivity index (χ2n) is 10.8. The fraction of sp³-hybridized carbons (Fsp3) is 0.367. The molecule has 0 bridgehead atoms. The number of nitrogens with zero attached hydrogens (tertiary/aromatic N) is 3. The number of hydrogen-bond donors (Lipinski definition) is 4. The Labute approximate surface area is 246 Å². The van der Waals surface area contributed by atoms with Gasteiger partial charge in [-0.1, -0.05) is 37.3 Å². The smallest absolute Gasteiger partial charge is 0.353 e. The molecular weight excluding hydrogens is 560 g/mol. The summed E-state index contributed by atoms with van der Waals surface area (Å²) in [6.07, 6.45) is -0.513. The predicted molar refractivity (Wildman–Crippen MR) is 155 cm³/mol. The molecule has 42 heavy (non-hydrogen) atoms. The predicted octanol–water partition coefficient (Wildman–Crippen LogP) is 3.40. The quantitative estimate of drug-likeness (QED) is 0.254. The van der Waals surface area contributed by atoms with Crippen molar-refractivity contribution in [2.24, 2.45) is 11.8 Å². The Morgan fingerprint density at radius 1 is 1.14 bits per heavy atom. The summed E-state index contributed by atoms with van der Waals surface area (Å²) in [5.41, 5.74) is 1.73. The lowest BCUT2D eigenvalue weighted by Gasteiger charge is -2.46. The number of rotatable bonds is 9. The summed E-state index contributed by atoms with van der Waals surface area (Å²) in [5.74, 6) is -3.98. The Hall–Kier alpha value is -4.18. The van der Waals surface area contributed by atoms with Crippen LogP contribution >= 0.6 is 11.8 Å². The van der Waals surface area contributed by atoms with Crippen LogP contribution in [0.4, 0.5) is 11.4 Å². The van der Waals surface area contributed by atoms with Crippen molar-refractivity contribution < 1.29 is 34.5 Å². The molecule has 3 heterocycles. The van der Waals surface area contributed by atoms with Crippen LogP contribution in [0, 0.1) is 18.4 Å². The largest absolute Gasteiger partial charge is 0.478 e. The van der Waals surface area contributed by atoms with Crippen LogP contribution in [0.1, 0.15) is 36.2 Å². The molecule has 218 valence electrons. The number of anilines is 1. The van der Waals surface area contributed by atoms with Crippen LogP contribution in [0.25, 0.3) is 4.85 Å². The molecule has 0 saturated carbocycles. The van der Waals surface area contributed by atoms with E-state index in [1.807, 2.05) is 24.0 Å². The molecule has 0 aromatic heterocycles. The molecule has 5 rings (SSSR count). The molecule has 0 unspecified atom stereocenters. The van der Waals surface area contributed by atoms with Crippen molar-refractivity contribution >= 4 is 46.9 Å². The fourth-order valence-electron chi connectivity index (χ4n) is 6.12. The molecule has 2 saturated heterocycles. The van der Waals surface area contributed by atoms with E-state index in [-0.39, 0.29) is 28.3 Å². The third-order valence-corrected chi connectivity index (χ3v) is 9.59. The summed E-state index contributed by atoms with van der Waals surface area (Å²) < 4.78 is 0. The Morgan fingerprint density at radius 2 is 1.86 bits per heavy atom. The third-order valence-electron chi connectivity index (χ3n) is 8.10. The number of carbonyl (C=O) groups is 4. The van der Waals surface area contributed by atoms with E-state index in [9.17, 15) is 34.5 Å². The number of thioether (sulfide) groups is 1. The van der Waals surface area contributed by atoms with Gasteiger partial charge >= 0.3 is 11.9 Å². The summed E-state index contributed by atoms with van der Waals surface area (Å²) in [6.45, 7) is 11.4. The van der Waals surface area contributed by atoms with Gasteiger partial charge in [0.25, 0.3) is 0 Å². The Morgan fingerprint density at radius 3 is 2.48 bits per heavy atom. The summed E-state index contributed by atoms with van der Waals surface area (Å²) in [6, 6.07) is 12.0. The lowest BCUT2D eigenvalue weighted by Crippen LogP contribution is -2.63. The summed E-state index contributed by atoms with van der Waals surface area (Å²) >= 11 is 1.36. The van der Waals surface area contributed by atoms with Gasteiger partial charge in [0, 0.05) is 34.8 Å². The second kappa shape index (κ2) is 11.6. The number of nitrogens with one attached hydrogen (secondary N) is 1. The van der Waals surface area contributed by atoms with Crippen molar-refractivity contribution in [3.05, 3.63) is 81.7 Å². The number of fused-ring (bicyclic) bond motifs is 1. The van der Waals surface area contributed by atoms with E-state index >= 15 is 0 Å². The fourth-order valence-corrected chi connectivity index (χ4v) is 7.67. The standard InChI is InChI=1S/C30H30N4O7S/c1-15-24-23(16(2)35)28(37)34(24)25(30(40)41)26(15)42-21-12-22(27(36)32-20-6-4-5-18(11-20)29(38)39)33(14-21)13-17-7-9-19(31-3)10-8-17/h4-11,15-16,21-24,35H,12-14H2,1-2H3,(H,32,36)(H,38,39)(H,40,41)/t15-,16-,21+,22+,23-,24-/m1/s1. The number of hydrogen-bond acceptors (Lipinski definition) is 7. The number of aliphatic hydroxyl groups excluding tert-OH is 1. The summed E-state index contributed by atoms with van der Waals surface area (Å²) in [4.78, 5) is 57.3. The van der Waals surface area contributed by atoms with Crippen molar-refractivity contribution in [2.75, 3.05) is 11.9 Å². The van der Waals surface area contributed by atoms with Crippen molar-refractivity contribution in [2.45, 2.75) is 50.3 Å². The highest BCUT2D eigenvalue weighted by Crippen LogP contribution is 2.52. The molecule has 2 amide bonds. The molecule has 3 aliphatic heterocycles. The van der Waals surface area contributed by atoms with Gasteiger partial charge in [0.05, 0.1) is 36.2 Å². The van der Waals surface area contributed by atoms with Crippen LogP contribution in [-0.4, -0.2) is 78.9 Å². The van der Waals surface area contributed by atoms with Gasteiger partial charge in [-0.2, -0.15) is 0 Å².